The van der Waals surface area contributed by atoms with E-state index in [9.17, 15) is 9.59 Å². The van der Waals surface area contributed by atoms with Crippen molar-refractivity contribution in [3.63, 3.8) is 0 Å². The maximum Gasteiger partial charge on any atom is 0.261 e. The molecule has 0 aliphatic carbocycles. The van der Waals surface area contributed by atoms with Crippen molar-refractivity contribution < 1.29 is 14.3 Å². The summed E-state index contributed by atoms with van der Waals surface area (Å²) in [7, 11) is 0. The summed E-state index contributed by atoms with van der Waals surface area (Å²) in [5, 5.41) is 4.56. The lowest BCUT2D eigenvalue weighted by Crippen LogP contribution is -2.54. The van der Waals surface area contributed by atoms with Crippen LogP contribution in [-0.2, 0) is 16.1 Å². The average molecular weight is 514 g/mol. The van der Waals surface area contributed by atoms with Crippen molar-refractivity contribution >= 4 is 46.6 Å². The zero-order valence-corrected chi connectivity index (χ0v) is 22.2. The fraction of sp³-hybridized carbons (Fsp3) is 0.440. The Bertz CT molecular complexity index is 995. The molecular formula is C25H31Cl3N2O3. The molecule has 0 fully saturated rings. The molecule has 0 bridgehead atoms. The Hall–Kier alpha value is -1.95. The van der Waals surface area contributed by atoms with Crippen molar-refractivity contribution in [2.75, 3.05) is 6.61 Å². The van der Waals surface area contributed by atoms with Gasteiger partial charge in [0.25, 0.3) is 5.91 Å². The van der Waals surface area contributed by atoms with Gasteiger partial charge >= 0.3 is 0 Å². The maximum atomic E-state index is 13.3. The number of halogens is 3. The molecule has 2 aromatic carbocycles. The van der Waals surface area contributed by atoms with Gasteiger partial charge in [-0.25, -0.2) is 0 Å². The molecule has 0 aromatic heterocycles. The maximum absolute atomic E-state index is 13.3. The van der Waals surface area contributed by atoms with Crippen LogP contribution in [0.15, 0.2) is 30.3 Å². The van der Waals surface area contributed by atoms with E-state index in [0.29, 0.717) is 32.8 Å². The van der Waals surface area contributed by atoms with Crippen molar-refractivity contribution in [2.45, 2.75) is 66.1 Å². The molecule has 2 rings (SSSR count). The molecule has 33 heavy (non-hydrogen) atoms. The molecule has 0 aliphatic rings. The van der Waals surface area contributed by atoms with Crippen LogP contribution in [0, 0.1) is 13.8 Å². The first-order valence-electron chi connectivity index (χ1n) is 10.8. The molecule has 2 aromatic rings. The molecule has 0 spiro atoms. The van der Waals surface area contributed by atoms with E-state index in [0.717, 1.165) is 11.1 Å². The summed E-state index contributed by atoms with van der Waals surface area (Å²) < 4.78 is 5.79. The van der Waals surface area contributed by atoms with Crippen LogP contribution in [0.5, 0.6) is 5.75 Å². The third-order valence-corrected chi connectivity index (χ3v) is 6.20. The standard InChI is InChI=1S/C25H31Cl3N2O3/c1-7-21(24(32)29-25(4,5)6)30(13-17-8-9-18(26)12-20(17)27)22(31)14-33-19-10-15(2)23(28)16(3)11-19/h8-12,21H,7,13-14H2,1-6H3,(H,29,32)/t21-/m0/s1. The largest absolute Gasteiger partial charge is 0.484 e. The minimum absolute atomic E-state index is 0.146. The highest BCUT2D eigenvalue weighted by molar-refractivity contribution is 6.35. The molecule has 180 valence electrons. The van der Waals surface area contributed by atoms with E-state index >= 15 is 0 Å². The van der Waals surface area contributed by atoms with E-state index < -0.39 is 11.6 Å². The van der Waals surface area contributed by atoms with Crippen LogP contribution >= 0.6 is 34.8 Å². The van der Waals surface area contributed by atoms with Gasteiger partial charge in [-0.05, 0) is 82.0 Å². The van der Waals surface area contributed by atoms with E-state index in [1.54, 1.807) is 30.3 Å². The van der Waals surface area contributed by atoms with E-state index in [1.807, 2.05) is 41.5 Å². The predicted molar refractivity (Wildman–Crippen MR) is 135 cm³/mol. The number of aryl methyl sites for hydroxylation is 2. The summed E-state index contributed by atoms with van der Waals surface area (Å²) in [6.07, 6.45) is 0.429. The minimum atomic E-state index is -0.694. The number of ether oxygens (including phenoxy) is 1. The number of rotatable bonds is 8. The van der Waals surface area contributed by atoms with Crippen LogP contribution in [0.4, 0.5) is 0 Å². The highest BCUT2D eigenvalue weighted by Crippen LogP contribution is 2.27. The van der Waals surface area contributed by atoms with Gasteiger partial charge in [-0.3, -0.25) is 9.59 Å². The summed E-state index contributed by atoms with van der Waals surface area (Å²) >= 11 is 18.6. The zero-order chi connectivity index (χ0) is 24.9. The molecule has 0 aliphatic heterocycles. The summed E-state index contributed by atoms with van der Waals surface area (Å²) in [5.74, 6) is -0.0248. The molecule has 0 unspecified atom stereocenters. The molecule has 0 radical (unpaired) electrons. The Morgan fingerprint density at radius 2 is 1.67 bits per heavy atom. The number of benzene rings is 2. The van der Waals surface area contributed by atoms with Gasteiger partial charge in [0.05, 0.1) is 0 Å². The number of nitrogens with one attached hydrogen (secondary N) is 1. The highest BCUT2D eigenvalue weighted by Gasteiger charge is 2.31. The third kappa shape index (κ3) is 7.80. The lowest BCUT2D eigenvalue weighted by molar-refractivity contribution is -0.143. The number of carbonyl (C=O) groups excluding carboxylic acids is 2. The first kappa shape index (κ1) is 27.3. The average Bonchev–Trinajstić information content (AvgIpc) is 2.70. The van der Waals surface area contributed by atoms with Gasteiger partial charge in [0.15, 0.2) is 6.61 Å². The van der Waals surface area contributed by atoms with E-state index in [2.05, 4.69) is 5.32 Å². The van der Waals surface area contributed by atoms with Crippen LogP contribution in [-0.4, -0.2) is 34.9 Å². The van der Waals surface area contributed by atoms with Gasteiger partial charge < -0.3 is 15.0 Å². The molecule has 1 N–H and O–H groups in total. The fourth-order valence-corrected chi connectivity index (χ4v) is 4.00. The molecule has 1 atom stereocenters. The van der Waals surface area contributed by atoms with Gasteiger partial charge in [0, 0.05) is 27.2 Å². The number of amides is 2. The normalized spacial score (nSPS) is 12.3. The lowest BCUT2D eigenvalue weighted by Gasteiger charge is -2.33. The summed E-state index contributed by atoms with van der Waals surface area (Å²) in [6, 6.07) is 7.95. The Balaban J connectivity index is 2.31. The van der Waals surface area contributed by atoms with Gasteiger partial charge in [-0.2, -0.15) is 0 Å². The molecule has 0 saturated carbocycles. The first-order chi connectivity index (χ1) is 15.3. The highest BCUT2D eigenvalue weighted by atomic mass is 35.5. The monoisotopic (exact) mass is 512 g/mol. The second-order valence-corrected chi connectivity index (χ2v) is 10.3. The van der Waals surface area contributed by atoms with Crippen LogP contribution in [0.1, 0.15) is 50.8 Å². The van der Waals surface area contributed by atoms with Crippen LogP contribution in [0.2, 0.25) is 15.1 Å². The Labute approximate surface area is 211 Å². The van der Waals surface area contributed by atoms with Crippen LogP contribution in [0.25, 0.3) is 0 Å². The summed E-state index contributed by atoms with van der Waals surface area (Å²) in [5.41, 5.74) is 1.97. The van der Waals surface area contributed by atoms with Gasteiger partial charge in [0.2, 0.25) is 5.91 Å². The number of nitrogens with zero attached hydrogens (tertiary/aromatic N) is 1. The molecule has 5 nitrogen and oxygen atoms in total. The minimum Gasteiger partial charge on any atom is -0.484 e. The third-order valence-electron chi connectivity index (χ3n) is 5.01. The number of carbonyl (C=O) groups is 2. The summed E-state index contributed by atoms with van der Waals surface area (Å²) in [6.45, 7) is 11.2. The Morgan fingerprint density at radius 1 is 1.06 bits per heavy atom. The molecule has 8 heteroatoms. The van der Waals surface area contributed by atoms with Gasteiger partial charge in [0.1, 0.15) is 11.8 Å². The van der Waals surface area contributed by atoms with Crippen molar-refractivity contribution in [2.24, 2.45) is 0 Å². The van der Waals surface area contributed by atoms with Gasteiger partial charge in [-0.15, -0.1) is 0 Å². The quantitative estimate of drug-likeness (QED) is 0.446. The van der Waals surface area contributed by atoms with Crippen molar-refractivity contribution in [3.8, 4) is 5.75 Å². The SMILES string of the molecule is CC[C@@H](C(=O)NC(C)(C)C)N(Cc1ccc(Cl)cc1Cl)C(=O)COc1cc(C)c(Cl)c(C)c1. The number of hydrogen-bond acceptors (Lipinski definition) is 3. The predicted octanol–water partition coefficient (Wildman–Crippen LogP) is 6.36. The number of hydrogen-bond donors (Lipinski definition) is 1. The molecule has 0 heterocycles. The molecular weight excluding hydrogens is 483 g/mol. The van der Waals surface area contributed by atoms with E-state index in [1.165, 1.54) is 4.90 Å². The van der Waals surface area contributed by atoms with E-state index in [-0.39, 0.29) is 25.0 Å². The topological polar surface area (TPSA) is 58.6 Å². The van der Waals surface area contributed by atoms with Crippen molar-refractivity contribution in [3.05, 3.63) is 62.1 Å². The second-order valence-electron chi connectivity index (χ2n) is 9.08. The Morgan fingerprint density at radius 3 is 2.18 bits per heavy atom. The fourth-order valence-electron chi connectivity index (χ4n) is 3.42. The molecule has 2 amide bonds. The van der Waals surface area contributed by atoms with Crippen LogP contribution < -0.4 is 10.1 Å². The van der Waals surface area contributed by atoms with E-state index in [4.69, 9.17) is 39.5 Å². The van der Waals surface area contributed by atoms with Gasteiger partial charge in [-0.1, -0.05) is 47.8 Å². The van der Waals surface area contributed by atoms with Crippen molar-refractivity contribution in [1.82, 2.24) is 10.2 Å². The van der Waals surface area contributed by atoms with Crippen molar-refractivity contribution in [1.29, 1.82) is 0 Å². The Kier molecular flexibility index (Phi) is 9.48. The second kappa shape index (κ2) is 11.5. The van der Waals surface area contributed by atoms with Crippen LogP contribution in [0.3, 0.4) is 0 Å². The lowest BCUT2D eigenvalue weighted by atomic mass is 10.1. The zero-order valence-electron chi connectivity index (χ0n) is 19.9. The first-order valence-corrected chi connectivity index (χ1v) is 11.9. The molecule has 0 saturated heterocycles. The summed E-state index contributed by atoms with van der Waals surface area (Å²) in [4.78, 5) is 27.9. The smallest absolute Gasteiger partial charge is 0.261 e.